The van der Waals surface area contributed by atoms with Crippen LogP contribution in [0, 0.1) is 11.8 Å². The average molecular weight is 265 g/mol. The Balaban J connectivity index is 1.94. The van der Waals surface area contributed by atoms with E-state index in [1.165, 1.54) is 24.1 Å². The maximum Gasteiger partial charge on any atom is 0.0410 e. The van der Waals surface area contributed by atoms with Crippen molar-refractivity contribution in [3.63, 3.8) is 0 Å². The van der Waals surface area contributed by atoms with Gasteiger partial charge in [-0.1, -0.05) is 6.08 Å². The molecule has 2 atom stereocenters. The third-order valence-electron chi connectivity index (χ3n) is 3.42. The molecule has 3 heteroatoms. The van der Waals surface area contributed by atoms with Gasteiger partial charge in [-0.2, -0.15) is 0 Å². The van der Waals surface area contributed by atoms with Crippen molar-refractivity contribution >= 4 is 21.5 Å². The number of hydrogen-bond acceptors (Lipinski definition) is 2. The quantitative estimate of drug-likeness (QED) is 0.843. The van der Waals surface area contributed by atoms with E-state index >= 15 is 0 Å². The van der Waals surface area contributed by atoms with Crippen molar-refractivity contribution < 1.29 is 0 Å². The Labute approximate surface area is 97.9 Å². The lowest BCUT2D eigenvalue weighted by Crippen LogP contribution is -2.10. The van der Waals surface area contributed by atoms with Gasteiger partial charge in [-0.3, -0.25) is 4.98 Å². The molecule has 0 aromatic carbocycles. The lowest BCUT2D eigenvalue weighted by molar-refractivity contribution is 0.542. The van der Waals surface area contributed by atoms with E-state index in [9.17, 15) is 0 Å². The Morgan fingerprint density at radius 2 is 2.27 bits per heavy atom. The minimum absolute atomic E-state index is 0.709. The van der Waals surface area contributed by atoms with Crippen LogP contribution in [0.1, 0.15) is 12.0 Å². The summed E-state index contributed by atoms with van der Waals surface area (Å²) in [6, 6.07) is 2.17. The van der Waals surface area contributed by atoms with Crippen LogP contribution in [-0.4, -0.2) is 18.1 Å². The molecule has 0 saturated carbocycles. The van der Waals surface area contributed by atoms with E-state index in [4.69, 9.17) is 0 Å². The number of nitrogens with zero attached hydrogens (tertiary/aromatic N) is 1. The van der Waals surface area contributed by atoms with Gasteiger partial charge in [-0.05, 0) is 52.0 Å². The first-order chi connectivity index (χ1) is 7.34. The van der Waals surface area contributed by atoms with Crippen LogP contribution in [-0.2, 0) is 0 Å². The SMILES string of the molecule is Brc1cncc(C2=CCC3CNCC23)c1. The Hall–Kier alpha value is -0.670. The van der Waals surface area contributed by atoms with Gasteiger partial charge >= 0.3 is 0 Å². The number of halogens is 1. The fourth-order valence-corrected chi connectivity index (χ4v) is 3.04. The smallest absolute Gasteiger partial charge is 0.0410 e. The van der Waals surface area contributed by atoms with Crippen LogP contribution in [0.15, 0.2) is 29.0 Å². The minimum Gasteiger partial charge on any atom is -0.316 e. The predicted molar refractivity (Wildman–Crippen MR) is 64.4 cm³/mol. The molecule has 1 aromatic rings. The lowest BCUT2D eigenvalue weighted by Gasteiger charge is -2.13. The summed E-state index contributed by atoms with van der Waals surface area (Å²) < 4.78 is 1.07. The Morgan fingerprint density at radius 3 is 3.13 bits per heavy atom. The number of fused-ring (bicyclic) bond motifs is 1. The van der Waals surface area contributed by atoms with E-state index in [0.717, 1.165) is 16.9 Å². The molecule has 1 aromatic heterocycles. The molecule has 2 unspecified atom stereocenters. The summed E-state index contributed by atoms with van der Waals surface area (Å²) in [5, 5.41) is 3.47. The molecule has 1 fully saturated rings. The summed E-state index contributed by atoms with van der Waals surface area (Å²) in [5.74, 6) is 1.53. The molecule has 1 saturated heterocycles. The maximum absolute atomic E-state index is 4.23. The molecule has 0 radical (unpaired) electrons. The fourth-order valence-electron chi connectivity index (χ4n) is 2.68. The van der Waals surface area contributed by atoms with Gasteiger partial charge in [-0.15, -0.1) is 0 Å². The Morgan fingerprint density at radius 1 is 1.33 bits per heavy atom. The van der Waals surface area contributed by atoms with Gasteiger partial charge in [0.2, 0.25) is 0 Å². The second-order valence-corrected chi connectivity index (χ2v) is 5.23. The highest BCUT2D eigenvalue weighted by molar-refractivity contribution is 9.10. The normalized spacial score (nSPS) is 29.0. The van der Waals surface area contributed by atoms with Crippen molar-refractivity contribution in [1.29, 1.82) is 0 Å². The number of rotatable bonds is 1. The molecular formula is C12H13BrN2. The van der Waals surface area contributed by atoms with E-state index in [-0.39, 0.29) is 0 Å². The van der Waals surface area contributed by atoms with Crippen LogP contribution in [0.4, 0.5) is 0 Å². The summed E-state index contributed by atoms with van der Waals surface area (Å²) in [5.41, 5.74) is 2.76. The molecule has 78 valence electrons. The second kappa shape index (κ2) is 3.72. The first kappa shape index (κ1) is 9.55. The van der Waals surface area contributed by atoms with Crippen LogP contribution in [0.3, 0.4) is 0 Å². The molecule has 1 N–H and O–H groups in total. The average Bonchev–Trinajstić information content (AvgIpc) is 2.77. The maximum atomic E-state index is 4.23. The highest BCUT2D eigenvalue weighted by Gasteiger charge is 2.34. The van der Waals surface area contributed by atoms with Crippen molar-refractivity contribution in [1.82, 2.24) is 10.3 Å². The first-order valence-corrected chi connectivity index (χ1v) is 6.15. The Bertz CT molecular complexity index is 414. The van der Waals surface area contributed by atoms with E-state index in [1.807, 2.05) is 12.4 Å². The van der Waals surface area contributed by atoms with Gasteiger partial charge in [0.25, 0.3) is 0 Å². The van der Waals surface area contributed by atoms with Crippen LogP contribution < -0.4 is 5.32 Å². The van der Waals surface area contributed by atoms with Crippen molar-refractivity contribution in [3.05, 3.63) is 34.6 Å². The molecule has 0 bridgehead atoms. The zero-order valence-electron chi connectivity index (χ0n) is 8.41. The lowest BCUT2D eigenvalue weighted by atomic mass is 9.91. The Kier molecular flexibility index (Phi) is 2.37. The van der Waals surface area contributed by atoms with Crippen LogP contribution in [0.5, 0.6) is 0 Å². The number of nitrogens with one attached hydrogen (secondary N) is 1. The molecule has 3 rings (SSSR count). The molecule has 15 heavy (non-hydrogen) atoms. The molecule has 1 aliphatic carbocycles. The second-order valence-electron chi connectivity index (χ2n) is 4.31. The van der Waals surface area contributed by atoms with E-state index in [1.54, 1.807) is 0 Å². The molecule has 2 nitrogen and oxygen atoms in total. The van der Waals surface area contributed by atoms with Crippen LogP contribution in [0.2, 0.25) is 0 Å². The third-order valence-corrected chi connectivity index (χ3v) is 3.85. The number of hydrogen-bond donors (Lipinski definition) is 1. The minimum atomic E-state index is 0.709. The zero-order valence-corrected chi connectivity index (χ0v) is 10.00. The van der Waals surface area contributed by atoms with Crippen molar-refractivity contribution in [2.75, 3.05) is 13.1 Å². The summed E-state index contributed by atoms with van der Waals surface area (Å²) in [6.07, 6.45) is 7.42. The summed E-state index contributed by atoms with van der Waals surface area (Å²) in [7, 11) is 0. The molecular weight excluding hydrogens is 252 g/mol. The molecule has 0 spiro atoms. The van der Waals surface area contributed by atoms with Gasteiger partial charge < -0.3 is 5.32 Å². The van der Waals surface area contributed by atoms with Crippen LogP contribution >= 0.6 is 15.9 Å². The monoisotopic (exact) mass is 264 g/mol. The van der Waals surface area contributed by atoms with Crippen molar-refractivity contribution in [2.24, 2.45) is 11.8 Å². The van der Waals surface area contributed by atoms with Gasteiger partial charge in [0.05, 0.1) is 0 Å². The highest BCUT2D eigenvalue weighted by atomic mass is 79.9. The number of aromatic nitrogens is 1. The molecule has 0 amide bonds. The molecule has 1 aliphatic heterocycles. The number of pyridine rings is 1. The van der Waals surface area contributed by atoms with Gasteiger partial charge in [0.15, 0.2) is 0 Å². The fraction of sp³-hybridized carbons (Fsp3) is 0.417. The van der Waals surface area contributed by atoms with Crippen molar-refractivity contribution in [3.8, 4) is 0 Å². The van der Waals surface area contributed by atoms with E-state index < -0.39 is 0 Å². The summed E-state index contributed by atoms with van der Waals surface area (Å²) >= 11 is 3.48. The van der Waals surface area contributed by atoms with E-state index in [0.29, 0.717) is 5.92 Å². The first-order valence-electron chi connectivity index (χ1n) is 5.36. The van der Waals surface area contributed by atoms with Gasteiger partial charge in [0, 0.05) is 29.3 Å². The zero-order chi connectivity index (χ0) is 10.3. The molecule has 2 heterocycles. The van der Waals surface area contributed by atoms with Gasteiger partial charge in [-0.25, -0.2) is 0 Å². The van der Waals surface area contributed by atoms with Crippen molar-refractivity contribution in [2.45, 2.75) is 6.42 Å². The largest absolute Gasteiger partial charge is 0.316 e. The van der Waals surface area contributed by atoms with Gasteiger partial charge in [0.1, 0.15) is 0 Å². The highest BCUT2D eigenvalue weighted by Crippen LogP contribution is 2.40. The van der Waals surface area contributed by atoms with E-state index in [2.05, 4.69) is 38.4 Å². The summed E-state index contributed by atoms with van der Waals surface area (Å²) in [6.45, 7) is 2.30. The molecule has 2 aliphatic rings. The standard InChI is InChI=1S/C12H13BrN2/c13-10-3-9(5-14-6-10)11-2-1-8-4-15-7-12(8)11/h2-3,5-6,8,12,15H,1,4,7H2. The van der Waals surface area contributed by atoms with Crippen LogP contribution in [0.25, 0.3) is 5.57 Å². The summed E-state index contributed by atoms with van der Waals surface area (Å²) in [4.78, 5) is 4.23. The predicted octanol–water partition coefficient (Wildman–Crippen LogP) is 2.47. The third kappa shape index (κ3) is 1.64. The topological polar surface area (TPSA) is 24.9 Å². The number of allylic oxidation sites excluding steroid dienone is 1.